The number of carbonyl (C=O) groups is 1. The molecule has 0 aliphatic carbocycles. The van der Waals surface area contributed by atoms with Gasteiger partial charge in [-0.1, -0.05) is 53.5 Å². The zero-order chi connectivity index (χ0) is 17.1. The first-order valence-electron chi connectivity index (χ1n) is 7.05. The van der Waals surface area contributed by atoms with Gasteiger partial charge in [-0.25, -0.2) is 0 Å². The molecule has 0 bridgehead atoms. The SMILES string of the molecule is NC1=C(OSCc2ccccc2Cl)C(=O)C(c2ccc(Cl)cc2)O1. The molecular formula is C17H13Cl2NO3S. The first-order chi connectivity index (χ1) is 11.6. The molecule has 2 aromatic rings. The number of carbonyl (C=O) groups excluding carboxylic acids is 1. The molecule has 24 heavy (non-hydrogen) atoms. The van der Waals surface area contributed by atoms with Gasteiger partial charge in [0.15, 0.2) is 6.10 Å². The van der Waals surface area contributed by atoms with Crippen LogP contribution in [0.5, 0.6) is 0 Å². The maximum absolute atomic E-state index is 12.5. The minimum atomic E-state index is -0.807. The smallest absolute Gasteiger partial charge is 0.249 e. The molecule has 0 radical (unpaired) electrons. The molecule has 2 N–H and O–H groups in total. The first-order valence-corrected chi connectivity index (χ1v) is 8.72. The van der Waals surface area contributed by atoms with Crippen LogP contribution in [-0.4, -0.2) is 5.78 Å². The summed E-state index contributed by atoms with van der Waals surface area (Å²) in [6.07, 6.45) is -0.807. The molecule has 0 saturated heterocycles. The van der Waals surface area contributed by atoms with Gasteiger partial charge >= 0.3 is 0 Å². The van der Waals surface area contributed by atoms with Gasteiger partial charge in [-0.05, 0) is 23.8 Å². The first kappa shape index (κ1) is 17.0. The van der Waals surface area contributed by atoms with Crippen LogP contribution in [0, 0.1) is 0 Å². The molecule has 1 aliphatic heterocycles. The molecule has 0 aromatic heterocycles. The molecule has 1 unspecified atom stereocenters. The maximum atomic E-state index is 12.5. The molecule has 0 amide bonds. The molecule has 0 saturated carbocycles. The van der Waals surface area contributed by atoms with Gasteiger partial charge < -0.3 is 14.7 Å². The minimum Gasteiger partial charge on any atom is -0.460 e. The third-order valence-corrected chi connectivity index (χ3v) is 4.75. The van der Waals surface area contributed by atoms with Gasteiger partial charge in [0.2, 0.25) is 17.4 Å². The summed E-state index contributed by atoms with van der Waals surface area (Å²) in [7, 11) is 0. The zero-order valence-electron chi connectivity index (χ0n) is 12.4. The Balaban J connectivity index is 1.64. The van der Waals surface area contributed by atoms with Crippen LogP contribution in [0.1, 0.15) is 17.2 Å². The van der Waals surface area contributed by atoms with E-state index in [0.29, 0.717) is 21.4 Å². The van der Waals surface area contributed by atoms with Crippen molar-refractivity contribution in [1.82, 2.24) is 0 Å². The van der Waals surface area contributed by atoms with Gasteiger partial charge in [0, 0.05) is 15.6 Å². The standard InChI is InChI=1S/C17H13Cl2NO3S/c18-12-7-5-10(6-8-12)15-14(21)16(17(20)22-15)23-24-9-11-3-1-2-4-13(11)19/h1-8,15H,9,20H2. The van der Waals surface area contributed by atoms with E-state index in [-0.39, 0.29) is 17.4 Å². The summed E-state index contributed by atoms with van der Waals surface area (Å²) in [5.41, 5.74) is 7.36. The number of benzene rings is 2. The normalized spacial score (nSPS) is 17.1. The molecule has 7 heteroatoms. The van der Waals surface area contributed by atoms with Gasteiger partial charge in [-0.15, -0.1) is 0 Å². The lowest BCUT2D eigenvalue weighted by Gasteiger charge is -2.09. The molecule has 0 fully saturated rings. The predicted octanol–water partition coefficient (Wildman–Crippen LogP) is 4.63. The third kappa shape index (κ3) is 3.64. The quantitative estimate of drug-likeness (QED) is 0.765. The number of hydrogen-bond acceptors (Lipinski definition) is 5. The highest BCUT2D eigenvalue weighted by atomic mass is 35.5. The van der Waals surface area contributed by atoms with Gasteiger partial charge in [-0.2, -0.15) is 0 Å². The zero-order valence-corrected chi connectivity index (χ0v) is 14.7. The van der Waals surface area contributed by atoms with Gasteiger partial charge in [-0.3, -0.25) is 4.79 Å². The molecule has 1 heterocycles. The topological polar surface area (TPSA) is 61.5 Å². The summed E-state index contributed by atoms with van der Waals surface area (Å²) in [6.45, 7) is 0. The fourth-order valence-corrected chi connectivity index (χ4v) is 3.31. The molecule has 0 spiro atoms. The lowest BCUT2D eigenvalue weighted by molar-refractivity contribution is -0.122. The summed E-state index contributed by atoms with van der Waals surface area (Å²) in [4.78, 5) is 12.5. The van der Waals surface area contributed by atoms with Crippen molar-refractivity contribution in [3.8, 4) is 0 Å². The molecule has 124 valence electrons. The summed E-state index contributed by atoms with van der Waals surface area (Å²) in [6, 6.07) is 14.2. The minimum absolute atomic E-state index is 0.0204. The van der Waals surface area contributed by atoms with Crippen molar-refractivity contribution >= 4 is 41.0 Å². The van der Waals surface area contributed by atoms with Crippen molar-refractivity contribution in [2.75, 3.05) is 0 Å². The van der Waals surface area contributed by atoms with E-state index in [9.17, 15) is 4.79 Å². The largest absolute Gasteiger partial charge is 0.460 e. The van der Waals surface area contributed by atoms with Gasteiger partial charge in [0.05, 0.1) is 17.8 Å². The highest BCUT2D eigenvalue weighted by Gasteiger charge is 2.37. The van der Waals surface area contributed by atoms with Gasteiger partial charge in [0.1, 0.15) is 0 Å². The van der Waals surface area contributed by atoms with Crippen LogP contribution in [0.25, 0.3) is 0 Å². The Morgan fingerprint density at radius 1 is 1.12 bits per heavy atom. The Bertz CT molecular complexity index is 793. The highest BCUT2D eigenvalue weighted by molar-refractivity contribution is 7.94. The second kappa shape index (κ2) is 7.38. The third-order valence-electron chi connectivity index (χ3n) is 3.42. The molecule has 1 atom stereocenters. The summed E-state index contributed by atoms with van der Waals surface area (Å²) in [5, 5.41) is 1.22. The van der Waals surface area contributed by atoms with Crippen molar-refractivity contribution in [3.05, 3.63) is 81.3 Å². The molecule has 4 nitrogen and oxygen atoms in total. The van der Waals surface area contributed by atoms with Crippen LogP contribution in [0.3, 0.4) is 0 Å². The average Bonchev–Trinajstić information content (AvgIpc) is 2.85. The second-order valence-electron chi connectivity index (χ2n) is 5.04. The fourth-order valence-electron chi connectivity index (χ4n) is 2.18. The van der Waals surface area contributed by atoms with E-state index >= 15 is 0 Å². The maximum Gasteiger partial charge on any atom is 0.249 e. The van der Waals surface area contributed by atoms with E-state index < -0.39 is 6.10 Å². The summed E-state index contributed by atoms with van der Waals surface area (Å²) in [5.74, 6) is 0.162. The number of hydrogen-bond donors (Lipinski definition) is 1. The van der Waals surface area contributed by atoms with Crippen molar-refractivity contribution in [1.29, 1.82) is 0 Å². The second-order valence-corrected chi connectivity index (χ2v) is 6.58. The van der Waals surface area contributed by atoms with Crippen LogP contribution in [0.4, 0.5) is 0 Å². The number of Topliss-reactive ketones (excluding diaryl/α,β-unsaturated/α-hetero) is 1. The van der Waals surface area contributed by atoms with E-state index in [1.807, 2.05) is 18.2 Å². The van der Waals surface area contributed by atoms with E-state index in [2.05, 4.69) is 0 Å². The number of nitrogens with two attached hydrogens (primary N) is 1. The summed E-state index contributed by atoms with van der Waals surface area (Å²) < 4.78 is 10.9. The van der Waals surface area contributed by atoms with Crippen molar-refractivity contribution in [2.45, 2.75) is 11.9 Å². The van der Waals surface area contributed by atoms with Crippen LogP contribution in [0.15, 0.2) is 60.2 Å². The van der Waals surface area contributed by atoms with Crippen molar-refractivity contribution in [2.24, 2.45) is 5.73 Å². The molecule has 3 rings (SSSR count). The van der Waals surface area contributed by atoms with E-state index in [0.717, 1.165) is 17.6 Å². The lowest BCUT2D eigenvalue weighted by atomic mass is 10.1. The Labute approximate surface area is 153 Å². The van der Waals surface area contributed by atoms with Crippen molar-refractivity contribution < 1.29 is 13.7 Å². The molecule has 2 aromatic carbocycles. The van der Waals surface area contributed by atoms with E-state index in [1.165, 1.54) is 0 Å². The Morgan fingerprint density at radius 3 is 2.54 bits per heavy atom. The molecule has 1 aliphatic rings. The number of halogens is 2. The van der Waals surface area contributed by atoms with Crippen LogP contribution in [0.2, 0.25) is 10.0 Å². The number of ketones is 1. The van der Waals surface area contributed by atoms with Crippen LogP contribution < -0.4 is 5.73 Å². The van der Waals surface area contributed by atoms with Crippen LogP contribution >= 0.6 is 35.2 Å². The monoisotopic (exact) mass is 381 g/mol. The molecular weight excluding hydrogens is 369 g/mol. The lowest BCUT2D eigenvalue weighted by Crippen LogP contribution is -2.10. The number of rotatable bonds is 5. The Kier molecular flexibility index (Phi) is 5.23. The number of ether oxygens (including phenoxy) is 1. The van der Waals surface area contributed by atoms with E-state index in [4.69, 9.17) is 37.9 Å². The van der Waals surface area contributed by atoms with Crippen molar-refractivity contribution in [3.63, 3.8) is 0 Å². The Morgan fingerprint density at radius 2 is 1.83 bits per heavy atom. The predicted molar refractivity (Wildman–Crippen MR) is 95.3 cm³/mol. The fraction of sp³-hybridized carbons (Fsp3) is 0.118. The highest BCUT2D eigenvalue weighted by Crippen LogP contribution is 2.34. The summed E-state index contributed by atoms with van der Waals surface area (Å²) >= 11 is 13.0. The van der Waals surface area contributed by atoms with Crippen LogP contribution in [-0.2, 0) is 19.5 Å². The van der Waals surface area contributed by atoms with Gasteiger partial charge in [0.25, 0.3) is 0 Å². The van der Waals surface area contributed by atoms with E-state index in [1.54, 1.807) is 30.3 Å². The average molecular weight is 382 g/mol. The Hall–Kier alpha value is -1.82.